The summed E-state index contributed by atoms with van der Waals surface area (Å²) in [4.78, 5) is 14.0. The number of carbonyl (C=O) groups excluding carboxylic acids is 1. The van der Waals surface area contributed by atoms with Crippen LogP contribution < -0.4 is 11.1 Å². The molecule has 0 saturated carbocycles. The molecule has 16 heavy (non-hydrogen) atoms. The molecule has 2 atom stereocenters. The molecule has 0 aromatic heterocycles. The van der Waals surface area contributed by atoms with Crippen molar-refractivity contribution >= 4 is 5.91 Å². The van der Waals surface area contributed by atoms with Crippen molar-refractivity contribution in [1.29, 1.82) is 0 Å². The van der Waals surface area contributed by atoms with Gasteiger partial charge >= 0.3 is 0 Å². The van der Waals surface area contributed by atoms with E-state index < -0.39 is 0 Å². The molecule has 2 unspecified atom stereocenters. The highest BCUT2D eigenvalue weighted by Crippen LogP contribution is 2.04. The number of likely N-dealkylation sites (N-methyl/N-ethyl adjacent to an activating group) is 1. The molecule has 94 valence electrons. The van der Waals surface area contributed by atoms with Crippen molar-refractivity contribution in [3.63, 3.8) is 0 Å². The zero-order chi connectivity index (χ0) is 12.0. The fourth-order valence-corrected chi connectivity index (χ4v) is 1.62. The van der Waals surface area contributed by atoms with Gasteiger partial charge in [0.1, 0.15) is 6.10 Å². The van der Waals surface area contributed by atoms with Crippen LogP contribution in [0.3, 0.4) is 0 Å². The van der Waals surface area contributed by atoms with Crippen molar-refractivity contribution in [2.45, 2.75) is 20.0 Å². The molecule has 1 heterocycles. The van der Waals surface area contributed by atoms with E-state index in [1.165, 1.54) is 0 Å². The number of ether oxygens (including phenoxy) is 1. The molecule has 0 spiro atoms. The molecule has 5 nitrogen and oxygen atoms in total. The first-order chi connectivity index (χ1) is 7.67. The van der Waals surface area contributed by atoms with Gasteiger partial charge in [0.15, 0.2) is 0 Å². The number of nitrogens with zero attached hydrogens (tertiary/aromatic N) is 1. The van der Waals surface area contributed by atoms with Crippen LogP contribution in [0, 0.1) is 5.92 Å². The topological polar surface area (TPSA) is 67.6 Å². The molecule has 0 radical (unpaired) electrons. The fraction of sp³-hybridized carbons (Fsp3) is 0.909. The van der Waals surface area contributed by atoms with E-state index in [0.717, 1.165) is 13.1 Å². The van der Waals surface area contributed by atoms with Gasteiger partial charge in [-0.2, -0.15) is 0 Å². The van der Waals surface area contributed by atoms with Crippen LogP contribution in [-0.4, -0.2) is 56.2 Å². The van der Waals surface area contributed by atoms with Gasteiger partial charge in [-0.15, -0.1) is 0 Å². The first kappa shape index (κ1) is 13.4. The van der Waals surface area contributed by atoms with Crippen molar-refractivity contribution in [3.8, 4) is 0 Å². The van der Waals surface area contributed by atoms with Crippen LogP contribution in [-0.2, 0) is 9.53 Å². The zero-order valence-corrected chi connectivity index (χ0v) is 10.2. The Morgan fingerprint density at radius 2 is 2.44 bits per heavy atom. The number of amides is 1. The van der Waals surface area contributed by atoms with Crippen LogP contribution in [0.4, 0.5) is 0 Å². The van der Waals surface area contributed by atoms with Gasteiger partial charge in [-0.25, -0.2) is 0 Å². The maximum absolute atomic E-state index is 11.8. The lowest BCUT2D eigenvalue weighted by molar-refractivity contribution is -0.138. The predicted octanol–water partition coefficient (Wildman–Crippen LogP) is -0.582. The first-order valence-corrected chi connectivity index (χ1v) is 5.99. The highest BCUT2D eigenvalue weighted by molar-refractivity contribution is 5.81. The summed E-state index contributed by atoms with van der Waals surface area (Å²) in [6.45, 7) is 8.54. The summed E-state index contributed by atoms with van der Waals surface area (Å²) >= 11 is 0. The van der Waals surface area contributed by atoms with E-state index in [1.54, 1.807) is 0 Å². The monoisotopic (exact) mass is 229 g/mol. The normalized spacial score (nSPS) is 24.1. The Morgan fingerprint density at radius 3 is 3.06 bits per heavy atom. The number of nitrogens with two attached hydrogens (primary N) is 1. The maximum Gasteiger partial charge on any atom is 0.250 e. The average molecular weight is 229 g/mol. The molecule has 1 aliphatic heterocycles. The second-order valence-corrected chi connectivity index (χ2v) is 4.34. The molecular weight excluding hydrogens is 206 g/mol. The third-order valence-electron chi connectivity index (χ3n) is 2.92. The molecule has 1 aliphatic rings. The van der Waals surface area contributed by atoms with E-state index in [4.69, 9.17) is 10.5 Å². The van der Waals surface area contributed by atoms with Crippen LogP contribution in [0.1, 0.15) is 13.8 Å². The molecule has 1 saturated heterocycles. The summed E-state index contributed by atoms with van der Waals surface area (Å²) in [6, 6.07) is 0. The smallest absolute Gasteiger partial charge is 0.250 e. The largest absolute Gasteiger partial charge is 0.366 e. The Bertz CT molecular complexity index is 223. The van der Waals surface area contributed by atoms with Crippen molar-refractivity contribution in [2.24, 2.45) is 11.7 Å². The first-order valence-electron chi connectivity index (χ1n) is 5.99. The number of morpholine rings is 1. The minimum Gasteiger partial charge on any atom is -0.366 e. The second-order valence-electron chi connectivity index (χ2n) is 4.34. The van der Waals surface area contributed by atoms with E-state index in [-0.39, 0.29) is 12.0 Å². The number of rotatable bonds is 5. The maximum atomic E-state index is 11.8. The molecule has 0 aromatic rings. The number of hydrogen-bond acceptors (Lipinski definition) is 4. The predicted molar refractivity (Wildman–Crippen MR) is 63.1 cm³/mol. The third-order valence-corrected chi connectivity index (χ3v) is 2.92. The standard InChI is InChI=1S/C11H23N3O2/c1-3-14-4-5-16-10(8-14)11(15)13-7-9(2)6-12/h9-10H,3-8,12H2,1-2H3,(H,13,15). The Hall–Kier alpha value is -0.650. The van der Waals surface area contributed by atoms with Crippen molar-refractivity contribution in [2.75, 3.05) is 39.3 Å². The quantitative estimate of drug-likeness (QED) is 0.662. The zero-order valence-electron chi connectivity index (χ0n) is 10.2. The molecule has 0 aliphatic carbocycles. The highest BCUT2D eigenvalue weighted by atomic mass is 16.5. The van der Waals surface area contributed by atoms with Crippen LogP contribution in [0.15, 0.2) is 0 Å². The molecule has 1 fully saturated rings. The third kappa shape index (κ3) is 4.08. The van der Waals surface area contributed by atoms with Gasteiger partial charge in [-0.3, -0.25) is 9.69 Å². The Kier molecular flexibility index (Phi) is 5.73. The molecule has 3 N–H and O–H groups in total. The van der Waals surface area contributed by atoms with Gasteiger partial charge in [-0.05, 0) is 19.0 Å². The Labute approximate surface area is 97.3 Å². The van der Waals surface area contributed by atoms with Crippen LogP contribution >= 0.6 is 0 Å². The van der Waals surface area contributed by atoms with Crippen LogP contribution in [0.25, 0.3) is 0 Å². The second kappa shape index (κ2) is 6.83. The van der Waals surface area contributed by atoms with Gasteiger partial charge in [0, 0.05) is 19.6 Å². The van der Waals surface area contributed by atoms with E-state index in [0.29, 0.717) is 32.2 Å². The Balaban J connectivity index is 2.30. The molecule has 1 rings (SSSR count). The lowest BCUT2D eigenvalue weighted by atomic mass is 10.2. The Morgan fingerprint density at radius 1 is 1.69 bits per heavy atom. The minimum absolute atomic E-state index is 0.0153. The summed E-state index contributed by atoms with van der Waals surface area (Å²) in [6.07, 6.45) is -0.321. The van der Waals surface area contributed by atoms with E-state index in [2.05, 4.69) is 17.1 Å². The number of carbonyl (C=O) groups is 1. The van der Waals surface area contributed by atoms with Crippen LogP contribution in [0.5, 0.6) is 0 Å². The minimum atomic E-state index is -0.321. The number of nitrogens with one attached hydrogen (secondary N) is 1. The lowest BCUT2D eigenvalue weighted by Crippen LogP contribution is -2.50. The fourth-order valence-electron chi connectivity index (χ4n) is 1.62. The van der Waals surface area contributed by atoms with Crippen LogP contribution in [0.2, 0.25) is 0 Å². The number of hydrogen-bond donors (Lipinski definition) is 2. The summed E-state index contributed by atoms with van der Waals surface area (Å²) in [5.41, 5.74) is 5.49. The van der Waals surface area contributed by atoms with Gasteiger partial charge < -0.3 is 15.8 Å². The molecule has 1 amide bonds. The summed E-state index contributed by atoms with van der Waals surface area (Å²) in [7, 11) is 0. The van der Waals surface area contributed by atoms with Crippen molar-refractivity contribution < 1.29 is 9.53 Å². The van der Waals surface area contributed by atoms with E-state index in [9.17, 15) is 4.79 Å². The average Bonchev–Trinajstić information content (AvgIpc) is 2.35. The summed E-state index contributed by atoms with van der Waals surface area (Å²) in [5, 5.41) is 2.88. The van der Waals surface area contributed by atoms with Crippen molar-refractivity contribution in [1.82, 2.24) is 10.2 Å². The molecule has 5 heteroatoms. The summed E-state index contributed by atoms with van der Waals surface area (Å²) in [5.74, 6) is 0.299. The molecular formula is C11H23N3O2. The van der Waals surface area contributed by atoms with Gasteiger partial charge in [0.05, 0.1) is 6.61 Å². The van der Waals surface area contributed by atoms with Gasteiger partial charge in [0.25, 0.3) is 0 Å². The van der Waals surface area contributed by atoms with Gasteiger partial charge in [0.2, 0.25) is 5.91 Å². The summed E-state index contributed by atoms with van der Waals surface area (Å²) < 4.78 is 5.45. The van der Waals surface area contributed by atoms with Crippen molar-refractivity contribution in [3.05, 3.63) is 0 Å². The van der Waals surface area contributed by atoms with E-state index >= 15 is 0 Å². The molecule has 0 aromatic carbocycles. The SMILES string of the molecule is CCN1CCOC(C(=O)NCC(C)CN)C1. The lowest BCUT2D eigenvalue weighted by Gasteiger charge is -2.31. The van der Waals surface area contributed by atoms with Gasteiger partial charge in [-0.1, -0.05) is 13.8 Å². The highest BCUT2D eigenvalue weighted by Gasteiger charge is 2.25. The molecule has 0 bridgehead atoms. The van der Waals surface area contributed by atoms with E-state index in [1.807, 2.05) is 6.92 Å².